The van der Waals surface area contributed by atoms with Crippen molar-refractivity contribution in [2.24, 2.45) is 5.92 Å². The van der Waals surface area contributed by atoms with Gasteiger partial charge in [-0.15, -0.1) is 0 Å². The molecule has 3 nitrogen and oxygen atoms in total. The fraction of sp³-hybridized carbons (Fsp3) is 0.647. The lowest BCUT2D eigenvalue weighted by molar-refractivity contribution is 0.171. The SMILES string of the molecule is CC(C)CNCCCCCc1cc2c(cc1Br)OCCO2. The van der Waals surface area contributed by atoms with Crippen molar-refractivity contribution in [2.45, 2.75) is 39.5 Å². The second kappa shape index (κ2) is 8.64. The third-order valence-corrected chi connectivity index (χ3v) is 4.30. The molecule has 0 fully saturated rings. The number of hydrogen-bond acceptors (Lipinski definition) is 3. The van der Waals surface area contributed by atoms with E-state index in [1.165, 1.54) is 24.8 Å². The standard InChI is InChI=1S/C17H26BrNO2/c1-13(2)12-19-7-5-3-4-6-14-10-16-17(11-15(14)18)21-9-8-20-16/h10-11,13,19H,3-9,12H2,1-2H3. The molecule has 1 aromatic carbocycles. The van der Waals surface area contributed by atoms with Crippen molar-refractivity contribution in [3.63, 3.8) is 0 Å². The van der Waals surface area contributed by atoms with Crippen LogP contribution >= 0.6 is 15.9 Å². The molecule has 1 aliphatic rings. The van der Waals surface area contributed by atoms with Crippen LogP contribution in [0.15, 0.2) is 16.6 Å². The molecule has 0 bridgehead atoms. The van der Waals surface area contributed by atoms with E-state index in [4.69, 9.17) is 9.47 Å². The summed E-state index contributed by atoms with van der Waals surface area (Å²) >= 11 is 3.64. The molecule has 0 saturated heterocycles. The molecule has 2 rings (SSSR count). The number of aryl methyl sites for hydroxylation is 1. The highest BCUT2D eigenvalue weighted by Crippen LogP contribution is 2.36. The number of benzene rings is 1. The Balaban J connectivity index is 1.71. The minimum atomic E-state index is 0.641. The van der Waals surface area contributed by atoms with Crippen molar-refractivity contribution in [2.75, 3.05) is 26.3 Å². The predicted octanol–water partition coefficient (Wildman–Crippen LogP) is 4.18. The van der Waals surface area contributed by atoms with Crippen LogP contribution in [0.3, 0.4) is 0 Å². The molecule has 0 amide bonds. The Morgan fingerprint density at radius 1 is 1.10 bits per heavy atom. The van der Waals surface area contributed by atoms with Crippen LogP contribution in [0.2, 0.25) is 0 Å². The minimum absolute atomic E-state index is 0.641. The van der Waals surface area contributed by atoms with Gasteiger partial charge < -0.3 is 14.8 Å². The van der Waals surface area contributed by atoms with Crippen LogP contribution in [0.1, 0.15) is 38.7 Å². The number of fused-ring (bicyclic) bond motifs is 1. The zero-order valence-electron chi connectivity index (χ0n) is 13.1. The van der Waals surface area contributed by atoms with Crippen molar-refractivity contribution < 1.29 is 9.47 Å². The van der Waals surface area contributed by atoms with E-state index in [9.17, 15) is 0 Å². The van der Waals surface area contributed by atoms with Gasteiger partial charge >= 0.3 is 0 Å². The molecule has 1 aliphatic heterocycles. The molecule has 0 saturated carbocycles. The first kappa shape index (κ1) is 16.6. The summed E-state index contributed by atoms with van der Waals surface area (Å²) in [4.78, 5) is 0. The molecule has 21 heavy (non-hydrogen) atoms. The predicted molar refractivity (Wildman–Crippen MR) is 90.4 cm³/mol. The van der Waals surface area contributed by atoms with E-state index >= 15 is 0 Å². The average Bonchev–Trinajstić information content (AvgIpc) is 2.46. The average molecular weight is 356 g/mol. The van der Waals surface area contributed by atoms with Crippen LogP contribution in [0.5, 0.6) is 11.5 Å². The van der Waals surface area contributed by atoms with E-state index in [0.717, 1.165) is 41.4 Å². The highest BCUT2D eigenvalue weighted by atomic mass is 79.9. The smallest absolute Gasteiger partial charge is 0.162 e. The van der Waals surface area contributed by atoms with Crippen molar-refractivity contribution in [3.8, 4) is 11.5 Å². The molecule has 1 N–H and O–H groups in total. The van der Waals surface area contributed by atoms with E-state index < -0.39 is 0 Å². The van der Waals surface area contributed by atoms with Crippen molar-refractivity contribution in [1.29, 1.82) is 0 Å². The first-order valence-corrected chi connectivity index (χ1v) is 8.75. The maximum atomic E-state index is 5.65. The van der Waals surface area contributed by atoms with Crippen molar-refractivity contribution in [3.05, 3.63) is 22.2 Å². The zero-order chi connectivity index (χ0) is 15.1. The van der Waals surface area contributed by atoms with Crippen LogP contribution in [0.4, 0.5) is 0 Å². The Labute approximate surface area is 136 Å². The summed E-state index contributed by atoms with van der Waals surface area (Å²) in [6, 6.07) is 4.16. The van der Waals surface area contributed by atoms with E-state index in [1.54, 1.807) is 0 Å². The van der Waals surface area contributed by atoms with Crippen molar-refractivity contribution in [1.82, 2.24) is 5.32 Å². The number of nitrogens with one attached hydrogen (secondary N) is 1. The molecular formula is C17H26BrNO2. The number of unbranched alkanes of at least 4 members (excludes halogenated alkanes) is 2. The third kappa shape index (κ3) is 5.51. The highest BCUT2D eigenvalue weighted by Gasteiger charge is 2.14. The van der Waals surface area contributed by atoms with E-state index in [1.807, 2.05) is 6.07 Å². The van der Waals surface area contributed by atoms with Gasteiger partial charge in [0.25, 0.3) is 0 Å². The quantitative estimate of drug-likeness (QED) is 0.709. The van der Waals surface area contributed by atoms with Crippen LogP contribution in [-0.4, -0.2) is 26.3 Å². The molecule has 0 unspecified atom stereocenters. The summed E-state index contributed by atoms with van der Waals surface area (Å²) in [5.41, 5.74) is 1.31. The molecule has 0 atom stereocenters. The van der Waals surface area contributed by atoms with Crippen LogP contribution < -0.4 is 14.8 Å². The van der Waals surface area contributed by atoms with Gasteiger partial charge in [-0.1, -0.05) is 36.2 Å². The topological polar surface area (TPSA) is 30.5 Å². The highest BCUT2D eigenvalue weighted by molar-refractivity contribution is 9.10. The van der Waals surface area contributed by atoms with Gasteiger partial charge in [-0.05, 0) is 56.0 Å². The van der Waals surface area contributed by atoms with Gasteiger partial charge in [0.15, 0.2) is 11.5 Å². The van der Waals surface area contributed by atoms with Crippen molar-refractivity contribution >= 4 is 15.9 Å². The van der Waals surface area contributed by atoms with Crippen LogP contribution in [0.25, 0.3) is 0 Å². The lowest BCUT2D eigenvalue weighted by Gasteiger charge is -2.20. The Morgan fingerprint density at radius 3 is 2.52 bits per heavy atom. The van der Waals surface area contributed by atoms with E-state index in [0.29, 0.717) is 13.2 Å². The molecule has 1 aromatic rings. The zero-order valence-corrected chi connectivity index (χ0v) is 14.7. The Hall–Kier alpha value is -0.740. The summed E-state index contributed by atoms with van der Waals surface area (Å²) < 4.78 is 12.4. The summed E-state index contributed by atoms with van der Waals surface area (Å²) in [5.74, 6) is 2.48. The molecular weight excluding hydrogens is 330 g/mol. The maximum Gasteiger partial charge on any atom is 0.162 e. The molecule has 118 valence electrons. The van der Waals surface area contributed by atoms with Gasteiger partial charge in [-0.2, -0.15) is 0 Å². The Kier molecular flexibility index (Phi) is 6.84. The summed E-state index contributed by atoms with van der Waals surface area (Å²) in [7, 11) is 0. The lowest BCUT2D eigenvalue weighted by atomic mass is 10.1. The normalized spacial score (nSPS) is 13.7. The Morgan fingerprint density at radius 2 is 1.81 bits per heavy atom. The van der Waals surface area contributed by atoms with Crippen LogP contribution in [-0.2, 0) is 6.42 Å². The lowest BCUT2D eigenvalue weighted by Crippen LogP contribution is -2.20. The van der Waals surface area contributed by atoms with Gasteiger partial charge in [0, 0.05) is 4.47 Å². The van der Waals surface area contributed by atoms with Gasteiger partial charge in [0.05, 0.1) is 0 Å². The largest absolute Gasteiger partial charge is 0.486 e. The molecule has 1 heterocycles. The molecule has 0 radical (unpaired) electrons. The summed E-state index contributed by atoms with van der Waals surface area (Å²) in [6.07, 6.45) is 4.80. The second-order valence-corrected chi connectivity index (χ2v) is 6.85. The first-order chi connectivity index (χ1) is 10.2. The molecule has 0 aliphatic carbocycles. The molecule has 4 heteroatoms. The van der Waals surface area contributed by atoms with Gasteiger partial charge in [0.1, 0.15) is 13.2 Å². The number of rotatable bonds is 8. The number of hydrogen-bond donors (Lipinski definition) is 1. The summed E-state index contributed by atoms with van der Waals surface area (Å²) in [5, 5.41) is 3.49. The number of halogens is 1. The third-order valence-electron chi connectivity index (χ3n) is 3.56. The van der Waals surface area contributed by atoms with Gasteiger partial charge in [-0.25, -0.2) is 0 Å². The number of ether oxygens (including phenoxy) is 2. The van der Waals surface area contributed by atoms with Gasteiger partial charge in [-0.3, -0.25) is 0 Å². The summed E-state index contributed by atoms with van der Waals surface area (Å²) in [6.45, 7) is 8.02. The molecule has 0 aromatic heterocycles. The van der Waals surface area contributed by atoms with Gasteiger partial charge in [0.2, 0.25) is 0 Å². The fourth-order valence-electron chi connectivity index (χ4n) is 2.43. The van der Waals surface area contributed by atoms with E-state index in [-0.39, 0.29) is 0 Å². The maximum absolute atomic E-state index is 5.65. The second-order valence-electron chi connectivity index (χ2n) is 6.00. The van der Waals surface area contributed by atoms with Crippen LogP contribution in [0, 0.1) is 5.92 Å². The first-order valence-electron chi connectivity index (χ1n) is 7.95. The fourth-order valence-corrected chi connectivity index (χ4v) is 2.95. The van der Waals surface area contributed by atoms with E-state index in [2.05, 4.69) is 41.2 Å². The molecule has 0 spiro atoms. The Bertz CT molecular complexity index is 449. The monoisotopic (exact) mass is 355 g/mol. The minimum Gasteiger partial charge on any atom is -0.486 e.